The number of hydrogen-bond acceptors (Lipinski definition) is 3. The molecule has 0 aromatic rings. The first-order chi connectivity index (χ1) is 4.31. The maximum atomic E-state index is 7.11. The van der Waals surface area contributed by atoms with Crippen LogP contribution in [0.1, 0.15) is 26.7 Å². The third-order valence-electron chi connectivity index (χ3n) is 0.817. The molecule has 0 aliphatic carbocycles. The Bertz CT molecular complexity index is 83.1. The van der Waals surface area contributed by atoms with Gasteiger partial charge in [-0.05, 0) is 13.3 Å². The van der Waals surface area contributed by atoms with Crippen LogP contribution < -0.4 is 5.48 Å². The second-order valence-corrected chi connectivity index (χ2v) is 1.77. The lowest BCUT2D eigenvalue weighted by Crippen LogP contribution is -2.18. The van der Waals surface area contributed by atoms with E-state index in [1.54, 1.807) is 0 Å². The number of hydroxylamine groups is 1. The van der Waals surface area contributed by atoms with Crippen molar-refractivity contribution in [3.8, 4) is 0 Å². The molecule has 2 N–H and O–H groups in total. The lowest BCUT2D eigenvalue weighted by Gasteiger charge is -2.03. The van der Waals surface area contributed by atoms with Crippen LogP contribution in [0.5, 0.6) is 0 Å². The Hall–Kier alpha value is -0.570. The van der Waals surface area contributed by atoms with Crippen LogP contribution in [0.4, 0.5) is 0 Å². The van der Waals surface area contributed by atoms with Gasteiger partial charge in [-0.15, -0.1) is 0 Å². The van der Waals surface area contributed by atoms with Gasteiger partial charge in [-0.3, -0.25) is 5.41 Å². The molecule has 0 radical (unpaired) electrons. The van der Waals surface area contributed by atoms with Crippen LogP contribution >= 0.6 is 0 Å². The fourth-order valence-corrected chi connectivity index (χ4v) is 0.437. The SMILES string of the molecule is CCCC(=N)ONCC. The van der Waals surface area contributed by atoms with E-state index in [1.165, 1.54) is 0 Å². The van der Waals surface area contributed by atoms with Crippen molar-refractivity contribution >= 4 is 5.90 Å². The Morgan fingerprint density at radius 1 is 1.56 bits per heavy atom. The van der Waals surface area contributed by atoms with Crippen LogP contribution in [0.25, 0.3) is 0 Å². The van der Waals surface area contributed by atoms with E-state index in [0.29, 0.717) is 12.3 Å². The normalized spacial score (nSPS) is 9.11. The summed E-state index contributed by atoms with van der Waals surface area (Å²) in [6.07, 6.45) is 1.68. The summed E-state index contributed by atoms with van der Waals surface area (Å²) in [4.78, 5) is 4.76. The standard InChI is InChI=1S/C6H14N2O/c1-3-5-6(7)9-8-4-2/h7-8H,3-5H2,1-2H3. The average molecular weight is 130 g/mol. The minimum absolute atomic E-state index is 0.319. The van der Waals surface area contributed by atoms with Crippen LogP contribution in [0.2, 0.25) is 0 Å². The zero-order chi connectivity index (χ0) is 7.11. The smallest absolute Gasteiger partial charge is 0.206 e. The minimum Gasteiger partial charge on any atom is -0.394 e. The molecule has 0 rings (SSSR count). The molecule has 0 aromatic carbocycles. The highest BCUT2D eigenvalue weighted by Crippen LogP contribution is 1.88. The summed E-state index contributed by atoms with van der Waals surface area (Å²) in [7, 11) is 0. The topological polar surface area (TPSA) is 45.1 Å². The van der Waals surface area contributed by atoms with Crippen molar-refractivity contribution in [2.75, 3.05) is 6.54 Å². The van der Waals surface area contributed by atoms with Crippen molar-refractivity contribution in [1.82, 2.24) is 5.48 Å². The summed E-state index contributed by atoms with van der Waals surface area (Å²) in [5.74, 6) is 0.319. The Morgan fingerprint density at radius 3 is 2.67 bits per heavy atom. The molecule has 0 aromatic heterocycles. The Kier molecular flexibility index (Phi) is 5.21. The zero-order valence-electron chi connectivity index (χ0n) is 6.03. The van der Waals surface area contributed by atoms with Crippen LogP contribution in [0, 0.1) is 5.41 Å². The van der Waals surface area contributed by atoms with E-state index in [-0.39, 0.29) is 0 Å². The molecule has 0 saturated heterocycles. The summed E-state index contributed by atoms with van der Waals surface area (Å²) >= 11 is 0. The van der Waals surface area contributed by atoms with E-state index in [0.717, 1.165) is 13.0 Å². The molecule has 54 valence electrons. The van der Waals surface area contributed by atoms with Crippen molar-refractivity contribution in [1.29, 1.82) is 5.41 Å². The first-order valence-corrected chi connectivity index (χ1v) is 3.28. The summed E-state index contributed by atoms with van der Waals surface area (Å²) in [6, 6.07) is 0. The highest BCUT2D eigenvalue weighted by atomic mass is 16.7. The van der Waals surface area contributed by atoms with Crippen LogP contribution in [0.3, 0.4) is 0 Å². The quantitative estimate of drug-likeness (QED) is 0.342. The molecule has 0 spiro atoms. The molecular weight excluding hydrogens is 116 g/mol. The number of nitrogens with one attached hydrogen (secondary N) is 2. The second kappa shape index (κ2) is 5.56. The van der Waals surface area contributed by atoms with Gasteiger partial charge in [0.15, 0.2) is 0 Å². The van der Waals surface area contributed by atoms with Gasteiger partial charge < -0.3 is 4.84 Å². The van der Waals surface area contributed by atoms with E-state index < -0.39 is 0 Å². The fraction of sp³-hybridized carbons (Fsp3) is 0.833. The molecule has 0 aliphatic heterocycles. The number of hydrogen-bond donors (Lipinski definition) is 2. The average Bonchev–Trinajstić information content (AvgIpc) is 1.85. The van der Waals surface area contributed by atoms with Gasteiger partial charge in [-0.25, -0.2) is 0 Å². The van der Waals surface area contributed by atoms with Crippen molar-refractivity contribution in [3.63, 3.8) is 0 Å². The molecule has 0 saturated carbocycles. The van der Waals surface area contributed by atoms with E-state index in [1.807, 2.05) is 13.8 Å². The molecule has 0 amide bonds. The first-order valence-electron chi connectivity index (χ1n) is 3.28. The molecule has 0 fully saturated rings. The molecule has 9 heavy (non-hydrogen) atoms. The summed E-state index contributed by atoms with van der Waals surface area (Å²) in [6.45, 7) is 4.69. The van der Waals surface area contributed by atoms with Crippen molar-refractivity contribution in [2.24, 2.45) is 0 Å². The van der Waals surface area contributed by atoms with Gasteiger partial charge in [0.25, 0.3) is 0 Å². The number of rotatable bonds is 4. The lowest BCUT2D eigenvalue weighted by atomic mass is 10.3. The fourth-order valence-electron chi connectivity index (χ4n) is 0.437. The summed E-state index contributed by atoms with van der Waals surface area (Å²) in [5, 5.41) is 7.11. The lowest BCUT2D eigenvalue weighted by molar-refractivity contribution is 0.179. The minimum atomic E-state index is 0.319. The van der Waals surface area contributed by atoms with Crippen molar-refractivity contribution in [2.45, 2.75) is 26.7 Å². The first kappa shape index (κ1) is 8.43. The van der Waals surface area contributed by atoms with Gasteiger partial charge in [0.2, 0.25) is 5.90 Å². The Morgan fingerprint density at radius 2 is 2.22 bits per heavy atom. The maximum Gasteiger partial charge on any atom is 0.206 e. The zero-order valence-corrected chi connectivity index (χ0v) is 6.03. The van der Waals surface area contributed by atoms with Crippen molar-refractivity contribution in [3.05, 3.63) is 0 Å². The third-order valence-corrected chi connectivity index (χ3v) is 0.817. The van der Waals surface area contributed by atoms with Gasteiger partial charge in [0, 0.05) is 13.0 Å². The highest BCUT2D eigenvalue weighted by molar-refractivity contribution is 5.72. The molecule has 0 bridgehead atoms. The van der Waals surface area contributed by atoms with Crippen LogP contribution in [-0.4, -0.2) is 12.4 Å². The Balaban J connectivity index is 3.06. The van der Waals surface area contributed by atoms with E-state index in [2.05, 4.69) is 5.48 Å². The van der Waals surface area contributed by atoms with Crippen LogP contribution in [-0.2, 0) is 4.84 Å². The highest BCUT2D eigenvalue weighted by Gasteiger charge is 1.92. The predicted molar refractivity (Wildman–Crippen MR) is 37.4 cm³/mol. The van der Waals surface area contributed by atoms with Crippen LogP contribution in [0.15, 0.2) is 0 Å². The molecule has 0 atom stereocenters. The van der Waals surface area contributed by atoms with Crippen molar-refractivity contribution < 1.29 is 4.84 Å². The molecule has 0 heterocycles. The molecule has 3 heteroatoms. The van der Waals surface area contributed by atoms with E-state index in [9.17, 15) is 0 Å². The second-order valence-electron chi connectivity index (χ2n) is 1.77. The largest absolute Gasteiger partial charge is 0.394 e. The molecule has 0 unspecified atom stereocenters. The van der Waals surface area contributed by atoms with E-state index >= 15 is 0 Å². The van der Waals surface area contributed by atoms with Gasteiger partial charge in [-0.2, -0.15) is 5.48 Å². The van der Waals surface area contributed by atoms with Gasteiger partial charge in [-0.1, -0.05) is 6.92 Å². The van der Waals surface area contributed by atoms with Gasteiger partial charge >= 0.3 is 0 Å². The molecule has 3 nitrogen and oxygen atoms in total. The maximum absolute atomic E-state index is 7.11. The molecule has 0 aliphatic rings. The van der Waals surface area contributed by atoms with Gasteiger partial charge in [0.1, 0.15) is 0 Å². The van der Waals surface area contributed by atoms with Gasteiger partial charge in [0.05, 0.1) is 0 Å². The molecular formula is C6H14N2O. The summed E-state index contributed by atoms with van der Waals surface area (Å²) < 4.78 is 0. The monoisotopic (exact) mass is 130 g/mol. The third kappa shape index (κ3) is 5.30. The summed E-state index contributed by atoms with van der Waals surface area (Å²) in [5.41, 5.74) is 2.61. The Labute approximate surface area is 55.9 Å². The van der Waals surface area contributed by atoms with E-state index in [4.69, 9.17) is 10.2 Å². The predicted octanol–water partition coefficient (Wildman–Crippen LogP) is 1.30.